The van der Waals surface area contributed by atoms with Gasteiger partial charge in [0.25, 0.3) is 0 Å². The Morgan fingerprint density at radius 1 is 1.18 bits per heavy atom. The summed E-state index contributed by atoms with van der Waals surface area (Å²) in [4.78, 5) is 0. The third-order valence-corrected chi connectivity index (χ3v) is 2.19. The molecule has 0 atom stereocenters. The lowest BCUT2D eigenvalue weighted by atomic mass is 10.2. The van der Waals surface area contributed by atoms with E-state index in [2.05, 4.69) is 0 Å². The molecule has 0 bridgehead atoms. The van der Waals surface area contributed by atoms with Crippen LogP contribution in [0.25, 0.3) is 0 Å². The van der Waals surface area contributed by atoms with Crippen LogP contribution in [0.5, 0.6) is 11.5 Å². The first kappa shape index (κ1) is 11.0. The lowest BCUT2D eigenvalue weighted by molar-refractivity contribution is 0.479. The highest BCUT2D eigenvalue weighted by Crippen LogP contribution is 2.28. The molecule has 2 N–H and O–H groups in total. The van der Waals surface area contributed by atoms with Crippen molar-refractivity contribution in [2.24, 2.45) is 0 Å². The van der Waals surface area contributed by atoms with Crippen molar-refractivity contribution in [1.29, 1.82) is 5.26 Å². The number of para-hydroxylation sites is 1. The van der Waals surface area contributed by atoms with Crippen molar-refractivity contribution in [3.05, 3.63) is 53.8 Å². The predicted octanol–water partition coefficient (Wildman–Crippen LogP) is 3.07. The van der Waals surface area contributed by atoms with Gasteiger partial charge in [-0.1, -0.05) is 18.2 Å². The maximum Gasteiger partial charge on any atom is 0.147 e. The van der Waals surface area contributed by atoms with Crippen molar-refractivity contribution < 1.29 is 9.13 Å². The van der Waals surface area contributed by atoms with Gasteiger partial charge in [-0.2, -0.15) is 5.26 Å². The van der Waals surface area contributed by atoms with Crippen LogP contribution >= 0.6 is 0 Å². The summed E-state index contributed by atoms with van der Waals surface area (Å²) in [5, 5.41) is 8.87. The maximum atomic E-state index is 13.2. The average Bonchev–Trinajstić information content (AvgIpc) is 2.35. The van der Waals surface area contributed by atoms with Gasteiger partial charge in [-0.25, -0.2) is 4.39 Å². The molecule has 84 valence electrons. The lowest BCUT2D eigenvalue weighted by Crippen LogP contribution is -1.95. The third kappa shape index (κ3) is 2.34. The quantitative estimate of drug-likeness (QED) is 0.803. The molecule has 0 saturated carbocycles. The molecule has 2 rings (SSSR count). The Morgan fingerprint density at radius 2 is 1.88 bits per heavy atom. The molecule has 0 aliphatic carbocycles. The van der Waals surface area contributed by atoms with E-state index in [-0.39, 0.29) is 17.0 Å². The van der Waals surface area contributed by atoms with Gasteiger partial charge in [0.15, 0.2) is 0 Å². The summed E-state index contributed by atoms with van der Waals surface area (Å²) in [5.41, 5.74) is 5.50. The van der Waals surface area contributed by atoms with E-state index in [4.69, 9.17) is 15.7 Å². The average molecular weight is 228 g/mol. The number of nitriles is 1. The zero-order valence-electron chi connectivity index (χ0n) is 8.85. The van der Waals surface area contributed by atoms with E-state index in [1.165, 1.54) is 6.07 Å². The molecule has 4 heteroatoms. The van der Waals surface area contributed by atoms with E-state index in [9.17, 15) is 4.39 Å². The van der Waals surface area contributed by atoms with Crippen molar-refractivity contribution in [3.63, 3.8) is 0 Å². The van der Waals surface area contributed by atoms with E-state index in [0.717, 1.165) is 6.07 Å². The molecule has 2 aromatic rings. The number of hydrogen-bond donors (Lipinski definition) is 1. The van der Waals surface area contributed by atoms with Gasteiger partial charge in [-0.3, -0.25) is 0 Å². The zero-order valence-corrected chi connectivity index (χ0v) is 8.85. The fourth-order valence-corrected chi connectivity index (χ4v) is 1.36. The van der Waals surface area contributed by atoms with Crippen LogP contribution < -0.4 is 10.5 Å². The summed E-state index contributed by atoms with van der Waals surface area (Å²) in [5.74, 6) is 0.189. The lowest BCUT2D eigenvalue weighted by Gasteiger charge is -2.08. The maximum absolute atomic E-state index is 13.2. The molecule has 0 radical (unpaired) electrons. The Kier molecular flexibility index (Phi) is 2.93. The predicted molar refractivity (Wildman–Crippen MR) is 62.0 cm³/mol. The summed E-state index contributed by atoms with van der Waals surface area (Å²) in [6.07, 6.45) is 0. The first-order valence-electron chi connectivity index (χ1n) is 4.92. The Labute approximate surface area is 97.9 Å². The Bertz CT molecular complexity index is 576. The number of anilines is 1. The molecule has 3 nitrogen and oxygen atoms in total. The largest absolute Gasteiger partial charge is 0.456 e. The Hall–Kier alpha value is -2.54. The van der Waals surface area contributed by atoms with Crippen molar-refractivity contribution in [2.75, 3.05) is 5.73 Å². The van der Waals surface area contributed by atoms with Crippen LogP contribution in [-0.2, 0) is 0 Å². The minimum Gasteiger partial charge on any atom is -0.456 e. The van der Waals surface area contributed by atoms with E-state index in [1.807, 2.05) is 12.1 Å². The molecule has 2 aromatic carbocycles. The van der Waals surface area contributed by atoms with Gasteiger partial charge in [-0.15, -0.1) is 0 Å². The molecule has 0 amide bonds. The smallest absolute Gasteiger partial charge is 0.147 e. The fourth-order valence-electron chi connectivity index (χ4n) is 1.36. The van der Waals surface area contributed by atoms with Crippen LogP contribution in [0.1, 0.15) is 5.56 Å². The van der Waals surface area contributed by atoms with Gasteiger partial charge in [0.05, 0.1) is 11.3 Å². The van der Waals surface area contributed by atoms with Crippen molar-refractivity contribution in [3.8, 4) is 17.6 Å². The van der Waals surface area contributed by atoms with Gasteiger partial charge >= 0.3 is 0 Å². The van der Waals surface area contributed by atoms with Gasteiger partial charge in [0, 0.05) is 6.07 Å². The minimum absolute atomic E-state index is 0.0464. The third-order valence-electron chi connectivity index (χ3n) is 2.19. The normalized spacial score (nSPS) is 9.65. The topological polar surface area (TPSA) is 59.0 Å². The number of hydrogen-bond acceptors (Lipinski definition) is 3. The van der Waals surface area contributed by atoms with Gasteiger partial charge < -0.3 is 10.5 Å². The van der Waals surface area contributed by atoms with Gasteiger partial charge in [0.1, 0.15) is 23.4 Å². The molecule has 0 aliphatic heterocycles. The Morgan fingerprint density at radius 3 is 2.53 bits per heavy atom. The molecule has 17 heavy (non-hydrogen) atoms. The van der Waals surface area contributed by atoms with Crippen LogP contribution in [0.3, 0.4) is 0 Å². The van der Waals surface area contributed by atoms with Crippen LogP contribution in [0, 0.1) is 17.1 Å². The molecular formula is C13H9FN2O. The van der Waals surface area contributed by atoms with Crippen molar-refractivity contribution in [1.82, 2.24) is 0 Å². The zero-order chi connectivity index (χ0) is 12.3. The number of benzene rings is 2. The highest BCUT2D eigenvalue weighted by atomic mass is 19.1. The second kappa shape index (κ2) is 4.54. The highest BCUT2D eigenvalue weighted by Gasteiger charge is 2.09. The highest BCUT2D eigenvalue weighted by molar-refractivity contribution is 5.55. The first-order chi connectivity index (χ1) is 8.20. The monoisotopic (exact) mass is 228 g/mol. The number of nitrogens with zero attached hydrogens (tertiary/aromatic N) is 1. The van der Waals surface area contributed by atoms with Crippen molar-refractivity contribution >= 4 is 5.69 Å². The van der Waals surface area contributed by atoms with Crippen molar-refractivity contribution in [2.45, 2.75) is 0 Å². The SMILES string of the molecule is N#Cc1cc(F)c(N)cc1Oc1ccccc1. The molecule has 0 fully saturated rings. The van der Waals surface area contributed by atoms with E-state index in [0.29, 0.717) is 5.75 Å². The molecular weight excluding hydrogens is 219 g/mol. The minimum atomic E-state index is -0.623. The van der Waals surface area contributed by atoms with E-state index in [1.54, 1.807) is 24.3 Å². The number of nitrogens with two attached hydrogens (primary N) is 1. The van der Waals surface area contributed by atoms with Crippen LogP contribution in [0.2, 0.25) is 0 Å². The standard InChI is InChI=1S/C13H9FN2O/c14-11-6-9(8-15)13(7-12(11)16)17-10-4-2-1-3-5-10/h1-7H,16H2. The summed E-state index contributed by atoms with van der Waals surface area (Å²) >= 11 is 0. The van der Waals surface area contributed by atoms with Crippen LogP contribution in [-0.4, -0.2) is 0 Å². The molecule has 0 aliphatic rings. The van der Waals surface area contributed by atoms with E-state index >= 15 is 0 Å². The molecule has 0 saturated heterocycles. The van der Waals surface area contributed by atoms with Crippen LogP contribution in [0.4, 0.5) is 10.1 Å². The summed E-state index contributed by atoms with van der Waals surface area (Å²) in [6.45, 7) is 0. The number of rotatable bonds is 2. The fraction of sp³-hybridized carbons (Fsp3) is 0. The second-order valence-corrected chi connectivity index (χ2v) is 3.40. The second-order valence-electron chi connectivity index (χ2n) is 3.40. The summed E-state index contributed by atoms with van der Waals surface area (Å²) in [7, 11) is 0. The van der Waals surface area contributed by atoms with Crippen LogP contribution in [0.15, 0.2) is 42.5 Å². The Balaban J connectivity index is 2.40. The summed E-state index contributed by atoms with van der Waals surface area (Å²) < 4.78 is 18.6. The summed E-state index contributed by atoms with van der Waals surface area (Å²) in [6, 6.07) is 13.2. The number of nitrogen functional groups attached to an aromatic ring is 1. The first-order valence-corrected chi connectivity index (χ1v) is 4.92. The molecule has 0 unspecified atom stereocenters. The molecule has 0 heterocycles. The van der Waals surface area contributed by atoms with Gasteiger partial charge in [0.2, 0.25) is 0 Å². The number of ether oxygens (including phenoxy) is 1. The number of halogens is 1. The molecule has 0 spiro atoms. The molecule has 0 aromatic heterocycles. The van der Waals surface area contributed by atoms with Gasteiger partial charge in [-0.05, 0) is 18.2 Å². The van der Waals surface area contributed by atoms with E-state index < -0.39 is 5.82 Å².